The lowest BCUT2D eigenvalue weighted by Crippen LogP contribution is -2.24. The molecule has 4 heteroatoms. The predicted molar refractivity (Wildman–Crippen MR) is 86.2 cm³/mol. The van der Waals surface area contributed by atoms with Gasteiger partial charge in [-0.05, 0) is 35.0 Å². The maximum Gasteiger partial charge on any atom is 0.333 e. The number of para-hydroxylation sites is 2. The molecule has 106 valence electrons. The molecule has 3 aromatic carbocycles. The highest BCUT2D eigenvalue weighted by Gasteiger charge is 2.15. The second kappa shape index (κ2) is 4.70. The van der Waals surface area contributed by atoms with Crippen LogP contribution in [0.4, 0.5) is 0 Å². The molecule has 4 aromatic rings. The first-order valence-electron chi connectivity index (χ1n) is 6.97. The molecule has 4 rings (SSSR count). The monoisotopic (exact) mass is 288 g/mol. The van der Waals surface area contributed by atoms with Gasteiger partial charge in [-0.15, -0.1) is 0 Å². The summed E-state index contributed by atoms with van der Waals surface area (Å²) in [7, 11) is 0. The molecule has 1 heterocycles. The summed E-state index contributed by atoms with van der Waals surface area (Å²) >= 11 is 0. The Balaban J connectivity index is 1.92. The predicted octanol–water partition coefficient (Wildman–Crippen LogP) is 3.17. The number of carbonyl (C=O) groups is 1. The van der Waals surface area contributed by atoms with E-state index in [0.717, 1.165) is 10.8 Å². The SMILES string of the molecule is O=C(c1ccc2ccccc2c1)n1c(=O)[nH]c2ccccc21. The molecule has 0 amide bonds. The summed E-state index contributed by atoms with van der Waals surface area (Å²) in [5.41, 5.74) is 1.32. The molecule has 1 N–H and O–H groups in total. The largest absolute Gasteiger partial charge is 0.333 e. The number of H-pyrrole nitrogens is 1. The number of aromatic nitrogens is 2. The number of nitrogens with one attached hydrogen (secondary N) is 1. The smallest absolute Gasteiger partial charge is 0.305 e. The number of rotatable bonds is 1. The van der Waals surface area contributed by atoms with E-state index < -0.39 is 5.69 Å². The molecule has 0 fully saturated rings. The Morgan fingerprint density at radius 1 is 0.864 bits per heavy atom. The van der Waals surface area contributed by atoms with Crippen molar-refractivity contribution in [3.8, 4) is 0 Å². The molecule has 0 spiro atoms. The fraction of sp³-hybridized carbons (Fsp3) is 0. The maximum absolute atomic E-state index is 12.7. The van der Waals surface area contributed by atoms with Crippen molar-refractivity contribution in [3.05, 3.63) is 82.8 Å². The Hall–Kier alpha value is -3.14. The summed E-state index contributed by atoms with van der Waals surface area (Å²) in [5.74, 6) is -0.326. The first-order chi connectivity index (χ1) is 10.7. The molecule has 1 aromatic heterocycles. The van der Waals surface area contributed by atoms with Crippen molar-refractivity contribution in [3.63, 3.8) is 0 Å². The van der Waals surface area contributed by atoms with Crippen molar-refractivity contribution in [2.75, 3.05) is 0 Å². The van der Waals surface area contributed by atoms with E-state index in [1.165, 1.54) is 4.57 Å². The molecule has 0 atom stereocenters. The lowest BCUT2D eigenvalue weighted by atomic mass is 10.1. The van der Waals surface area contributed by atoms with Gasteiger partial charge in [0, 0.05) is 5.56 Å². The average molecular weight is 288 g/mol. The molecule has 0 unspecified atom stereocenters. The number of imidazole rings is 1. The average Bonchev–Trinajstić information content (AvgIpc) is 2.89. The van der Waals surface area contributed by atoms with E-state index in [4.69, 9.17) is 0 Å². The Kier molecular flexibility index (Phi) is 2.69. The Labute approximate surface area is 125 Å². The molecule has 4 nitrogen and oxygen atoms in total. The molecule has 0 aliphatic carbocycles. The summed E-state index contributed by atoms with van der Waals surface area (Å²) in [4.78, 5) is 27.5. The lowest BCUT2D eigenvalue weighted by Gasteiger charge is -2.04. The zero-order valence-corrected chi connectivity index (χ0v) is 11.6. The van der Waals surface area contributed by atoms with Gasteiger partial charge in [-0.2, -0.15) is 0 Å². The minimum absolute atomic E-state index is 0.326. The molecular weight excluding hydrogens is 276 g/mol. The number of carbonyl (C=O) groups excluding carboxylic acids is 1. The number of nitrogens with zero attached hydrogens (tertiary/aromatic N) is 1. The van der Waals surface area contributed by atoms with E-state index in [1.54, 1.807) is 24.3 Å². The summed E-state index contributed by atoms with van der Waals surface area (Å²) in [6, 6.07) is 20.4. The molecule has 0 saturated heterocycles. The third-order valence-corrected chi connectivity index (χ3v) is 3.79. The standard InChI is InChI=1S/C18H12N2O2/c21-17(14-10-9-12-5-1-2-6-13(12)11-14)20-16-8-4-3-7-15(16)19-18(20)22/h1-11H,(H,19,22). The highest BCUT2D eigenvalue weighted by atomic mass is 16.2. The number of aromatic amines is 1. The van der Waals surface area contributed by atoms with Gasteiger partial charge in [0.15, 0.2) is 0 Å². The highest BCUT2D eigenvalue weighted by Crippen LogP contribution is 2.17. The van der Waals surface area contributed by atoms with Gasteiger partial charge in [-0.3, -0.25) is 4.79 Å². The van der Waals surface area contributed by atoms with Crippen molar-refractivity contribution in [2.45, 2.75) is 0 Å². The highest BCUT2D eigenvalue weighted by molar-refractivity contribution is 6.03. The van der Waals surface area contributed by atoms with Crippen molar-refractivity contribution < 1.29 is 4.79 Å². The van der Waals surface area contributed by atoms with Crippen molar-refractivity contribution in [1.29, 1.82) is 0 Å². The fourth-order valence-electron chi connectivity index (χ4n) is 2.71. The molecular formula is C18H12N2O2. The van der Waals surface area contributed by atoms with Crippen molar-refractivity contribution in [2.24, 2.45) is 0 Å². The Morgan fingerprint density at radius 2 is 1.59 bits per heavy atom. The van der Waals surface area contributed by atoms with Gasteiger partial charge in [-0.25, -0.2) is 9.36 Å². The van der Waals surface area contributed by atoms with Crippen molar-refractivity contribution >= 4 is 27.7 Å². The van der Waals surface area contributed by atoms with Crippen LogP contribution in [-0.2, 0) is 0 Å². The van der Waals surface area contributed by atoms with Crippen LogP contribution in [0.2, 0.25) is 0 Å². The zero-order chi connectivity index (χ0) is 15.1. The third-order valence-electron chi connectivity index (χ3n) is 3.79. The van der Waals surface area contributed by atoms with Crippen LogP contribution < -0.4 is 5.69 Å². The van der Waals surface area contributed by atoms with Crippen LogP contribution in [0, 0.1) is 0 Å². The van der Waals surface area contributed by atoms with E-state index >= 15 is 0 Å². The van der Waals surface area contributed by atoms with E-state index in [-0.39, 0.29) is 5.91 Å². The van der Waals surface area contributed by atoms with E-state index in [2.05, 4.69) is 4.98 Å². The number of benzene rings is 3. The van der Waals surface area contributed by atoms with E-state index in [1.807, 2.05) is 42.5 Å². The van der Waals surface area contributed by atoms with Gasteiger partial charge in [-0.1, -0.05) is 42.5 Å². The summed E-state index contributed by atoms with van der Waals surface area (Å²) in [5, 5.41) is 2.03. The van der Waals surface area contributed by atoms with Crippen LogP contribution in [0.15, 0.2) is 71.5 Å². The third kappa shape index (κ3) is 1.85. The van der Waals surface area contributed by atoms with Crippen LogP contribution in [-0.4, -0.2) is 15.5 Å². The second-order valence-corrected chi connectivity index (χ2v) is 5.15. The molecule has 22 heavy (non-hydrogen) atoms. The Morgan fingerprint density at radius 3 is 2.45 bits per heavy atom. The number of hydrogen-bond donors (Lipinski definition) is 1. The lowest BCUT2D eigenvalue weighted by molar-refractivity contribution is 0.0961. The normalized spacial score (nSPS) is 11.1. The van der Waals surface area contributed by atoms with Gasteiger partial charge in [0.05, 0.1) is 11.0 Å². The van der Waals surface area contributed by atoms with Gasteiger partial charge in [0.25, 0.3) is 5.91 Å². The molecule has 0 saturated carbocycles. The molecule has 0 bridgehead atoms. The van der Waals surface area contributed by atoms with Crippen LogP contribution in [0.5, 0.6) is 0 Å². The van der Waals surface area contributed by atoms with Gasteiger partial charge >= 0.3 is 5.69 Å². The second-order valence-electron chi connectivity index (χ2n) is 5.15. The van der Waals surface area contributed by atoms with Crippen molar-refractivity contribution in [1.82, 2.24) is 9.55 Å². The number of fused-ring (bicyclic) bond motifs is 2. The molecule has 0 aliphatic heterocycles. The fourth-order valence-corrected chi connectivity index (χ4v) is 2.71. The first kappa shape index (κ1) is 12.6. The van der Waals surface area contributed by atoms with Crippen LogP contribution in [0.1, 0.15) is 10.4 Å². The van der Waals surface area contributed by atoms with Gasteiger partial charge in [0.1, 0.15) is 0 Å². The zero-order valence-electron chi connectivity index (χ0n) is 11.6. The summed E-state index contributed by atoms with van der Waals surface area (Å²) in [6.45, 7) is 0. The van der Waals surface area contributed by atoms with E-state index in [9.17, 15) is 9.59 Å². The topological polar surface area (TPSA) is 54.9 Å². The quantitative estimate of drug-likeness (QED) is 0.585. The minimum Gasteiger partial charge on any atom is -0.305 e. The first-order valence-corrected chi connectivity index (χ1v) is 6.97. The van der Waals surface area contributed by atoms with Gasteiger partial charge in [0.2, 0.25) is 0 Å². The van der Waals surface area contributed by atoms with E-state index in [0.29, 0.717) is 16.6 Å². The summed E-state index contributed by atoms with van der Waals surface area (Å²) in [6.07, 6.45) is 0. The van der Waals surface area contributed by atoms with Crippen LogP contribution >= 0.6 is 0 Å². The Bertz CT molecular complexity index is 1070. The van der Waals surface area contributed by atoms with Crippen LogP contribution in [0.3, 0.4) is 0 Å². The minimum atomic E-state index is -0.417. The maximum atomic E-state index is 12.7. The number of hydrogen-bond acceptors (Lipinski definition) is 2. The van der Waals surface area contributed by atoms with Gasteiger partial charge < -0.3 is 4.98 Å². The summed E-state index contributed by atoms with van der Waals surface area (Å²) < 4.78 is 1.18. The molecule has 0 radical (unpaired) electrons. The molecule has 0 aliphatic rings. The van der Waals surface area contributed by atoms with Crippen LogP contribution in [0.25, 0.3) is 21.8 Å².